The SMILES string of the molecule is CC(CSc1ncccc1N)C(N)=O. The number of rotatable bonds is 4. The van der Waals surface area contributed by atoms with E-state index in [1.54, 1.807) is 25.3 Å². The Bertz CT molecular complexity index is 330. The number of nitrogens with zero attached hydrogens (tertiary/aromatic N) is 1. The lowest BCUT2D eigenvalue weighted by Gasteiger charge is -2.07. The monoisotopic (exact) mass is 211 g/mol. The molecule has 0 saturated heterocycles. The lowest BCUT2D eigenvalue weighted by molar-refractivity contribution is -0.120. The van der Waals surface area contributed by atoms with Crippen LogP contribution in [0.2, 0.25) is 0 Å². The van der Waals surface area contributed by atoms with Crippen molar-refractivity contribution in [2.24, 2.45) is 11.7 Å². The summed E-state index contributed by atoms with van der Waals surface area (Å²) in [4.78, 5) is 14.9. The van der Waals surface area contributed by atoms with Crippen molar-refractivity contribution in [3.8, 4) is 0 Å². The van der Waals surface area contributed by atoms with Gasteiger partial charge in [0.25, 0.3) is 0 Å². The van der Waals surface area contributed by atoms with Crippen LogP contribution in [0.3, 0.4) is 0 Å². The molecule has 0 aromatic carbocycles. The maximum Gasteiger partial charge on any atom is 0.221 e. The van der Waals surface area contributed by atoms with Crippen LogP contribution < -0.4 is 11.5 Å². The van der Waals surface area contributed by atoms with Crippen LogP contribution in [0.4, 0.5) is 5.69 Å². The highest BCUT2D eigenvalue weighted by atomic mass is 32.2. The van der Waals surface area contributed by atoms with Gasteiger partial charge in [0.1, 0.15) is 5.03 Å². The normalized spacial score (nSPS) is 12.4. The number of aromatic nitrogens is 1. The minimum atomic E-state index is -0.299. The topological polar surface area (TPSA) is 82.0 Å². The minimum absolute atomic E-state index is 0.165. The maximum atomic E-state index is 10.8. The van der Waals surface area contributed by atoms with Gasteiger partial charge in [-0.2, -0.15) is 0 Å². The Balaban J connectivity index is 2.54. The number of nitrogen functional groups attached to an aromatic ring is 1. The van der Waals surface area contributed by atoms with E-state index < -0.39 is 0 Å². The van der Waals surface area contributed by atoms with Crippen LogP contribution in [0.1, 0.15) is 6.92 Å². The average Bonchev–Trinajstić information content (AvgIpc) is 2.16. The summed E-state index contributed by atoms with van der Waals surface area (Å²) in [6, 6.07) is 3.56. The first-order valence-electron chi connectivity index (χ1n) is 4.24. The van der Waals surface area contributed by atoms with Crippen LogP contribution >= 0.6 is 11.8 Å². The molecule has 4 N–H and O–H groups in total. The van der Waals surface area contributed by atoms with Gasteiger partial charge in [0, 0.05) is 17.9 Å². The molecule has 76 valence electrons. The number of thioether (sulfide) groups is 1. The van der Waals surface area contributed by atoms with Gasteiger partial charge in [0.15, 0.2) is 0 Å². The third-order valence-corrected chi connectivity index (χ3v) is 3.04. The smallest absolute Gasteiger partial charge is 0.221 e. The van der Waals surface area contributed by atoms with Crippen molar-refractivity contribution in [1.82, 2.24) is 4.98 Å². The zero-order chi connectivity index (χ0) is 10.6. The summed E-state index contributed by atoms with van der Waals surface area (Å²) in [5.41, 5.74) is 11.5. The van der Waals surface area contributed by atoms with Crippen LogP contribution in [-0.4, -0.2) is 16.6 Å². The van der Waals surface area contributed by atoms with E-state index in [2.05, 4.69) is 4.98 Å². The molecule has 1 amide bonds. The highest BCUT2D eigenvalue weighted by molar-refractivity contribution is 7.99. The summed E-state index contributed by atoms with van der Waals surface area (Å²) in [6.45, 7) is 1.79. The number of hydrogen-bond donors (Lipinski definition) is 2. The molecule has 0 aliphatic carbocycles. The molecule has 4 nitrogen and oxygen atoms in total. The molecule has 0 fully saturated rings. The summed E-state index contributed by atoms with van der Waals surface area (Å²) in [5.74, 6) is 0.143. The van der Waals surface area contributed by atoms with Crippen molar-refractivity contribution in [3.63, 3.8) is 0 Å². The molecular formula is C9H13N3OS. The Hall–Kier alpha value is -1.23. The molecule has 0 bridgehead atoms. The van der Waals surface area contributed by atoms with E-state index in [1.165, 1.54) is 11.8 Å². The predicted octanol–water partition coefficient (Wildman–Crippen LogP) is 0.877. The van der Waals surface area contributed by atoms with Crippen LogP contribution in [0, 0.1) is 5.92 Å². The molecule has 5 heteroatoms. The summed E-state index contributed by atoms with van der Waals surface area (Å²) < 4.78 is 0. The van der Waals surface area contributed by atoms with Crippen molar-refractivity contribution >= 4 is 23.4 Å². The molecule has 14 heavy (non-hydrogen) atoms. The van der Waals surface area contributed by atoms with E-state index in [0.717, 1.165) is 5.03 Å². The molecule has 0 radical (unpaired) electrons. The Kier molecular flexibility index (Phi) is 3.76. The minimum Gasteiger partial charge on any atom is -0.397 e. The molecule has 0 spiro atoms. The van der Waals surface area contributed by atoms with Crippen molar-refractivity contribution in [2.45, 2.75) is 11.9 Å². The number of carbonyl (C=O) groups excluding carboxylic acids is 1. The fourth-order valence-electron chi connectivity index (χ4n) is 0.810. The molecule has 0 aliphatic rings. The van der Waals surface area contributed by atoms with Crippen LogP contribution in [0.5, 0.6) is 0 Å². The molecule has 1 aromatic heterocycles. The molecule has 0 aliphatic heterocycles. The fraction of sp³-hybridized carbons (Fsp3) is 0.333. The standard InChI is InChI=1S/C9H13N3OS/c1-6(8(11)13)5-14-9-7(10)3-2-4-12-9/h2-4,6H,5,10H2,1H3,(H2,11,13). The summed E-state index contributed by atoms with van der Waals surface area (Å²) in [7, 11) is 0. The highest BCUT2D eigenvalue weighted by Crippen LogP contribution is 2.23. The second kappa shape index (κ2) is 4.85. The van der Waals surface area contributed by atoms with Gasteiger partial charge in [0.2, 0.25) is 5.91 Å². The molecule has 1 unspecified atom stereocenters. The van der Waals surface area contributed by atoms with E-state index in [9.17, 15) is 4.79 Å². The number of amides is 1. The maximum absolute atomic E-state index is 10.8. The lowest BCUT2D eigenvalue weighted by Crippen LogP contribution is -2.22. The summed E-state index contributed by atoms with van der Waals surface area (Å²) in [5, 5.41) is 0.751. The van der Waals surface area contributed by atoms with Gasteiger partial charge in [-0.1, -0.05) is 6.92 Å². The van der Waals surface area contributed by atoms with E-state index in [1.807, 2.05) is 0 Å². The fourth-order valence-corrected chi connectivity index (χ4v) is 1.75. The molecule has 1 heterocycles. The van der Waals surface area contributed by atoms with Crippen molar-refractivity contribution in [3.05, 3.63) is 18.3 Å². The van der Waals surface area contributed by atoms with Crippen LogP contribution in [-0.2, 0) is 4.79 Å². The van der Waals surface area contributed by atoms with Crippen LogP contribution in [0.15, 0.2) is 23.4 Å². The van der Waals surface area contributed by atoms with E-state index in [-0.39, 0.29) is 11.8 Å². The average molecular weight is 211 g/mol. The largest absolute Gasteiger partial charge is 0.397 e. The predicted molar refractivity (Wildman–Crippen MR) is 57.7 cm³/mol. The zero-order valence-electron chi connectivity index (χ0n) is 7.93. The Morgan fingerprint density at radius 3 is 3.00 bits per heavy atom. The van der Waals surface area contributed by atoms with Crippen molar-refractivity contribution in [1.29, 1.82) is 0 Å². The Morgan fingerprint density at radius 1 is 1.71 bits per heavy atom. The highest BCUT2D eigenvalue weighted by Gasteiger charge is 2.10. The number of pyridine rings is 1. The lowest BCUT2D eigenvalue weighted by atomic mass is 10.2. The first-order chi connectivity index (χ1) is 6.61. The second-order valence-electron chi connectivity index (χ2n) is 3.01. The van der Waals surface area contributed by atoms with Crippen LogP contribution in [0.25, 0.3) is 0 Å². The Morgan fingerprint density at radius 2 is 2.43 bits per heavy atom. The third kappa shape index (κ3) is 2.92. The second-order valence-corrected chi connectivity index (χ2v) is 4.02. The van der Waals surface area contributed by atoms with E-state index in [0.29, 0.717) is 11.4 Å². The van der Waals surface area contributed by atoms with Gasteiger partial charge in [-0.25, -0.2) is 4.98 Å². The van der Waals surface area contributed by atoms with E-state index >= 15 is 0 Å². The number of primary amides is 1. The molecular weight excluding hydrogens is 198 g/mol. The number of nitrogens with two attached hydrogens (primary N) is 2. The molecule has 1 rings (SSSR count). The Labute approximate surface area is 87.1 Å². The number of hydrogen-bond acceptors (Lipinski definition) is 4. The van der Waals surface area contributed by atoms with Gasteiger partial charge in [-0.05, 0) is 12.1 Å². The quantitative estimate of drug-likeness (QED) is 0.724. The first kappa shape index (κ1) is 10.8. The summed E-state index contributed by atoms with van der Waals surface area (Å²) >= 11 is 1.45. The van der Waals surface area contributed by atoms with Crippen molar-refractivity contribution in [2.75, 3.05) is 11.5 Å². The molecule has 1 atom stereocenters. The zero-order valence-corrected chi connectivity index (χ0v) is 8.75. The first-order valence-corrected chi connectivity index (χ1v) is 5.22. The number of anilines is 1. The van der Waals surface area contributed by atoms with Gasteiger partial charge in [0.05, 0.1) is 5.69 Å². The van der Waals surface area contributed by atoms with Gasteiger partial charge < -0.3 is 11.5 Å². The summed E-state index contributed by atoms with van der Waals surface area (Å²) in [6.07, 6.45) is 1.67. The molecule has 1 aromatic rings. The van der Waals surface area contributed by atoms with Crippen molar-refractivity contribution < 1.29 is 4.79 Å². The van der Waals surface area contributed by atoms with Gasteiger partial charge in [-0.3, -0.25) is 4.79 Å². The number of carbonyl (C=O) groups is 1. The van der Waals surface area contributed by atoms with Gasteiger partial charge >= 0.3 is 0 Å². The third-order valence-electron chi connectivity index (χ3n) is 1.76. The molecule has 0 saturated carbocycles. The van der Waals surface area contributed by atoms with E-state index in [4.69, 9.17) is 11.5 Å². The van der Waals surface area contributed by atoms with Gasteiger partial charge in [-0.15, -0.1) is 11.8 Å².